The van der Waals surface area contributed by atoms with Crippen LogP contribution in [0.4, 0.5) is 10.1 Å². The SMILES string of the molecule is COc1nc(-c2cnc(C)c(CC(=O)O)c2N2CCC(C)(C)CC2)ccc1OCCc1ccc(F)cc1. The average Bonchev–Trinajstić information content (AvgIpc) is 2.86. The third kappa shape index (κ3) is 6.37. The maximum atomic E-state index is 13.1. The summed E-state index contributed by atoms with van der Waals surface area (Å²) in [5.41, 5.74) is 4.93. The van der Waals surface area contributed by atoms with Gasteiger partial charge in [-0.2, -0.15) is 0 Å². The van der Waals surface area contributed by atoms with Gasteiger partial charge in [-0.1, -0.05) is 26.0 Å². The smallest absolute Gasteiger partial charge is 0.307 e. The Balaban J connectivity index is 1.64. The first kappa shape index (κ1) is 26.4. The number of piperidine rings is 1. The summed E-state index contributed by atoms with van der Waals surface area (Å²) in [6.07, 6.45) is 4.30. The number of hydrogen-bond acceptors (Lipinski definition) is 6. The van der Waals surface area contributed by atoms with Gasteiger partial charge in [0.25, 0.3) is 5.88 Å². The van der Waals surface area contributed by atoms with E-state index in [1.807, 2.05) is 19.1 Å². The van der Waals surface area contributed by atoms with Gasteiger partial charge in [-0.25, -0.2) is 9.37 Å². The Labute approximate surface area is 217 Å². The lowest BCUT2D eigenvalue weighted by Crippen LogP contribution is -2.38. The molecular formula is C29H34FN3O4. The van der Waals surface area contributed by atoms with E-state index < -0.39 is 5.97 Å². The molecule has 4 rings (SSSR count). The summed E-state index contributed by atoms with van der Waals surface area (Å²) in [7, 11) is 1.54. The molecule has 1 fully saturated rings. The maximum absolute atomic E-state index is 13.1. The molecule has 1 aromatic carbocycles. The van der Waals surface area contributed by atoms with Gasteiger partial charge in [-0.3, -0.25) is 9.78 Å². The van der Waals surface area contributed by atoms with E-state index in [1.54, 1.807) is 18.3 Å². The summed E-state index contributed by atoms with van der Waals surface area (Å²) < 4.78 is 24.6. The van der Waals surface area contributed by atoms with E-state index in [9.17, 15) is 14.3 Å². The molecule has 8 heteroatoms. The zero-order chi connectivity index (χ0) is 26.6. The number of anilines is 1. The van der Waals surface area contributed by atoms with Gasteiger partial charge in [0.15, 0.2) is 5.75 Å². The third-order valence-corrected chi connectivity index (χ3v) is 6.98. The van der Waals surface area contributed by atoms with Crippen LogP contribution in [-0.4, -0.2) is 47.8 Å². The summed E-state index contributed by atoms with van der Waals surface area (Å²) in [6.45, 7) is 8.43. The Bertz CT molecular complexity index is 1250. The van der Waals surface area contributed by atoms with Crippen LogP contribution in [0, 0.1) is 18.2 Å². The van der Waals surface area contributed by atoms with Crippen molar-refractivity contribution in [2.24, 2.45) is 5.41 Å². The molecule has 0 spiro atoms. The number of halogens is 1. The second kappa shape index (κ2) is 11.2. The number of benzene rings is 1. The first-order chi connectivity index (χ1) is 17.7. The molecular weight excluding hydrogens is 473 g/mol. The minimum atomic E-state index is -0.893. The van der Waals surface area contributed by atoms with Gasteiger partial charge in [0.05, 0.1) is 31.5 Å². The van der Waals surface area contributed by atoms with Crippen LogP contribution in [-0.2, 0) is 17.6 Å². The van der Waals surface area contributed by atoms with Crippen LogP contribution in [0.3, 0.4) is 0 Å². The van der Waals surface area contributed by atoms with Crippen molar-refractivity contribution in [2.45, 2.75) is 46.5 Å². The van der Waals surface area contributed by atoms with Gasteiger partial charge < -0.3 is 19.5 Å². The predicted molar refractivity (Wildman–Crippen MR) is 141 cm³/mol. The van der Waals surface area contributed by atoms with Gasteiger partial charge in [-0.05, 0) is 55.0 Å². The number of aryl methyl sites for hydroxylation is 1. The molecule has 0 atom stereocenters. The fourth-order valence-corrected chi connectivity index (χ4v) is 4.65. The topological polar surface area (TPSA) is 84.8 Å². The first-order valence-corrected chi connectivity index (χ1v) is 12.5. The van der Waals surface area contributed by atoms with Crippen LogP contribution >= 0.6 is 0 Å². The van der Waals surface area contributed by atoms with Crippen molar-refractivity contribution < 1.29 is 23.8 Å². The van der Waals surface area contributed by atoms with E-state index >= 15 is 0 Å². The molecule has 37 heavy (non-hydrogen) atoms. The molecule has 0 radical (unpaired) electrons. The van der Waals surface area contributed by atoms with Crippen molar-refractivity contribution in [2.75, 3.05) is 31.7 Å². The second-order valence-corrected chi connectivity index (χ2v) is 10.2. The van der Waals surface area contributed by atoms with Crippen molar-refractivity contribution in [3.63, 3.8) is 0 Å². The minimum Gasteiger partial charge on any atom is -0.488 e. The molecule has 0 amide bonds. The molecule has 1 aliphatic rings. The first-order valence-electron chi connectivity index (χ1n) is 12.5. The van der Waals surface area contributed by atoms with Crippen molar-refractivity contribution >= 4 is 11.7 Å². The van der Waals surface area contributed by atoms with Crippen LogP contribution < -0.4 is 14.4 Å². The fourth-order valence-electron chi connectivity index (χ4n) is 4.65. The Kier molecular flexibility index (Phi) is 7.95. The lowest BCUT2D eigenvalue weighted by molar-refractivity contribution is -0.136. The molecule has 0 aliphatic carbocycles. The van der Waals surface area contributed by atoms with Crippen LogP contribution in [0.15, 0.2) is 42.6 Å². The normalized spacial score (nSPS) is 14.9. The Morgan fingerprint density at radius 1 is 1.14 bits per heavy atom. The molecule has 1 saturated heterocycles. The molecule has 1 N–H and O–H groups in total. The highest BCUT2D eigenvalue weighted by molar-refractivity contribution is 5.83. The number of rotatable bonds is 9. The molecule has 3 heterocycles. The van der Waals surface area contributed by atoms with Crippen LogP contribution in [0.5, 0.6) is 11.6 Å². The summed E-state index contributed by atoms with van der Waals surface area (Å²) in [5, 5.41) is 9.64. The highest BCUT2D eigenvalue weighted by atomic mass is 19.1. The van der Waals surface area contributed by atoms with E-state index in [4.69, 9.17) is 14.5 Å². The molecule has 7 nitrogen and oxygen atoms in total. The minimum absolute atomic E-state index is 0.108. The number of pyridine rings is 2. The molecule has 0 saturated carbocycles. The van der Waals surface area contributed by atoms with Gasteiger partial charge in [0.2, 0.25) is 0 Å². The predicted octanol–water partition coefficient (Wildman–Crippen LogP) is 5.47. The lowest BCUT2D eigenvalue weighted by atomic mass is 9.82. The number of ether oxygens (including phenoxy) is 2. The largest absolute Gasteiger partial charge is 0.488 e. The standard InChI is InChI=1S/C29H34FN3O4/c1-19-22(17-26(34)35)27(33-14-12-29(2,3)13-15-33)23(18-31-19)24-9-10-25(28(32-24)36-4)37-16-11-20-5-7-21(30)8-6-20/h5-10,18H,11-17H2,1-4H3,(H,34,35). The number of carboxylic acid groups (broad SMARTS) is 1. The molecule has 0 unspecified atom stereocenters. The molecule has 3 aromatic rings. The van der Waals surface area contributed by atoms with E-state index in [0.29, 0.717) is 41.6 Å². The Hall–Kier alpha value is -3.68. The number of methoxy groups -OCH3 is 1. The van der Waals surface area contributed by atoms with Gasteiger partial charge >= 0.3 is 5.97 Å². The highest BCUT2D eigenvalue weighted by Crippen LogP contribution is 2.40. The molecule has 196 valence electrons. The monoisotopic (exact) mass is 507 g/mol. The number of nitrogens with zero attached hydrogens (tertiary/aromatic N) is 3. The second-order valence-electron chi connectivity index (χ2n) is 10.2. The lowest BCUT2D eigenvalue weighted by Gasteiger charge is -2.40. The van der Waals surface area contributed by atoms with Crippen molar-refractivity contribution in [3.8, 4) is 22.9 Å². The summed E-state index contributed by atoms with van der Waals surface area (Å²) in [5.74, 6) is -0.324. The summed E-state index contributed by atoms with van der Waals surface area (Å²) in [4.78, 5) is 23.3. The van der Waals surface area contributed by atoms with Crippen molar-refractivity contribution in [1.29, 1.82) is 0 Å². The van der Waals surface area contributed by atoms with Gasteiger partial charge in [-0.15, -0.1) is 0 Å². The third-order valence-electron chi connectivity index (χ3n) is 6.98. The number of carbonyl (C=O) groups is 1. The number of aliphatic carboxylic acids is 1. The van der Waals surface area contributed by atoms with E-state index in [0.717, 1.165) is 42.7 Å². The van der Waals surface area contributed by atoms with E-state index in [1.165, 1.54) is 19.2 Å². The quantitative estimate of drug-likeness (QED) is 0.411. The van der Waals surface area contributed by atoms with E-state index in [2.05, 4.69) is 23.7 Å². The van der Waals surface area contributed by atoms with Crippen LogP contribution in [0.2, 0.25) is 0 Å². The number of carboxylic acids is 1. The molecule has 2 aromatic heterocycles. The molecule has 1 aliphatic heterocycles. The van der Waals surface area contributed by atoms with Crippen molar-refractivity contribution in [1.82, 2.24) is 9.97 Å². The van der Waals surface area contributed by atoms with Gasteiger partial charge in [0.1, 0.15) is 5.82 Å². The zero-order valence-electron chi connectivity index (χ0n) is 21.9. The number of hydrogen-bond donors (Lipinski definition) is 1. The Morgan fingerprint density at radius 2 is 1.84 bits per heavy atom. The van der Waals surface area contributed by atoms with Crippen LogP contribution in [0.1, 0.15) is 43.5 Å². The average molecular weight is 508 g/mol. The summed E-state index contributed by atoms with van der Waals surface area (Å²) in [6, 6.07) is 10.00. The maximum Gasteiger partial charge on any atom is 0.307 e. The van der Waals surface area contributed by atoms with Crippen LogP contribution in [0.25, 0.3) is 11.3 Å². The molecule has 0 bridgehead atoms. The fraction of sp³-hybridized carbons (Fsp3) is 0.414. The van der Waals surface area contributed by atoms with Crippen molar-refractivity contribution in [3.05, 3.63) is 65.2 Å². The Morgan fingerprint density at radius 3 is 2.49 bits per heavy atom. The zero-order valence-corrected chi connectivity index (χ0v) is 21.9. The summed E-state index contributed by atoms with van der Waals surface area (Å²) >= 11 is 0. The van der Waals surface area contributed by atoms with E-state index in [-0.39, 0.29) is 17.7 Å². The number of aromatic nitrogens is 2. The highest BCUT2D eigenvalue weighted by Gasteiger charge is 2.29. The van der Waals surface area contributed by atoms with Gasteiger partial charge in [0, 0.05) is 42.5 Å².